The van der Waals surface area contributed by atoms with Crippen LogP contribution < -0.4 is 5.32 Å². The maximum Gasteiger partial charge on any atom is 0.0753 e. The van der Waals surface area contributed by atoms with Crippen molar-refractivity contribution in [2.75, 3.05) is 6.54 Å². The Balaban J connectivity index is 1.78. The highest BCUT2D eigenvalue weighted by Crippen LogP contribution is 2.10. The van der Waals surface area contributed by atoms with Gasteiger partial charge < -0.3 is 5.32 Å². The normalized spacial score (nSPS) is 12.6. The van der Waals surface area contributed by atoms with Gasteiger partial charge in [-0.2, -0.15) is 0 Å². The van der Waals surface area contributed by atoms with Gasteiger partial charge in [0.15, 0.2) is 0 Å². The fraction of sp³-hybridized carbons (Fsp3) is 0.333. The standard InChI is InChI=1S/C12H15N3S/c1-10(12-9-13-6-7-15-12)14-5-4-11-3-2-8-16-11/h2-3,6-10,14H,4-5H2,1H3. The summed E-state index contributed by atoms with van der Waals surface area (Å²) in [6.45, 7) is 3.08. The lowest BCUT2D eigenvalue weighted by atomic mass is 10.2. The van der Waals surface area contributed by atoms with Crippen LogP contribution in [0.5, 0.6) is 0 Å². The Hall–Kier alpha value is -1.26. The summed E-state index contributed by atoms with van der Waals surface area (Å²) in [6, 6.07) is 4.51. The van der Waals surface area contributed by atoms with Crippen molar-refractivity contribution in [3.63, 3.8) is 0 Å². The predicted octanol–water partition coefficient (Wildman–Crippen LogP) is 2.43. The van der Waals surface area contributed by atoms with Crippen LogP contribution >= 0.6 is 11.3 Å². The molecule has 0 spiro atoms. The maximum atomic E-state index is 4.27. The van der Waals surface area contributed by atoms with Gasteiger partial charge in [-0.15, -0.1) is 11.3 Å². The van der Waals surface area contributed by atoms with Crippen molar-refractivity contribution in [3.8, 4) is 0 Å². The monoisotopic (exact) mass is 233 g/mol. The molecule has 0 fully saturated rings. The first kappa shape index (κ1) is 11.2. The van der Waals surface area contributed by atoms with E-state index < -0.39 is 0 Å². The van der Waals surface area contributed by atoms with Crippen LogP contribution in [0.2, 0.25) is 0 Å². The molecule has 0 saturated heterocycles. The van der Waals surface area contributed by atoms with E-state index in [1.807, 2.05) is 6.20 Å². The number of rotatable bonds is 5. The highest BCUT2D eigenvalue weighted by atomic mass is 32.1. The first-order valence-electron chi connectivity index (χ1n) is 5.38. The topological polar surface area (TPSA) is 37.8 Å². The third-order valence-corrected chi connectivity index (χ3v) is 3.36. The molecule has 2 aromatic rings. The molecule has 0 aromatic carbocycles. The van der Waals surface area contributed by atoms with Crippen LogP contribution in [-0.4, -0.2) is 16.5 Å². The minimum atomic E-state index is 0.258. The summed E-state index contributed by atoms with van der Waals surface area (Å²) in [4.78, 5) is 9.75. The minimum Gasteiger partial charge on any atom is -0.308 e. The molecule has 1 unspecified atom stereocenters. The van der Waals surface area contributed by atoms with E-state index in [-0.39, 0.29) is 6.04 Å². The number of nitrogens with zero attached hydrogens (tertiary/aromatic N) is 2. The largest absolute Gasteiger partial charge is 0.308 e. The van der Waals surface area contributed by atoms with E-state index in [2.05, 4.69) is 39.7 Å². The molecule has 2 aromatic heterocycles. The first-order chi connectivity index (χ1) is 7.86. The van der Waals surface area contributed by atoms with Gasteiger partial charge in [0.05, 0.1) is 5.69 Å². The molecule has 1 N–H and O–H groups in total. The third kappa shape index (κ3) is 3.12. The van der Waals surface area contributed by atoms with Gasteiger partial charge in [0, 0.05) is 36.1 Å². The van der Waals surface area contributed by atoms with Crippen LogP contribution in [0.25, 0.3) is 0 Å². The zero-order valence-corrected chi connectivity index (χ0v) is 10.1. The average Bonchev–Trinajstić information content (AvgIpc) is 2.83. The van der Waals surface area contributed by atoms with Gasteiger partial charge >= 0.3 is 0 Å². The summed E-state index contributed by atoms with van der Waals surface area (Å²) in [5, 5.41) is 5.55. The molecule has 84 valence electrons. The second kappa shape index (κ2) is 5.72. The van der Waals surface area contributed by atoms with E-state index in [0.29, 0.717) is 0 Å². The smallest absolute Gasteiger partial charge is 0.0753 e. The van der Waals surface area contributed by atoms with Crippen molar-refractivity contribution >= 4 is 11.3 Å². The van der Waals surface area contributed by atoms with E-state index in [0.717, 1.165) is 18.7 Å². The second-order valence-corrected chi connectivity index (χ2v) is 4.67. The predicted molar refractivity (Wildman–Crippen MR) is 66.5 cm³/mol. The van der Waals surface area contributed by atoms with Crippen LogP contribution in [0, 0.1) is 0 Å². The molecule has 0 amide bonds. The first-order valence-corrected chi connectivity index (χ1v) is 6.26. The molecule has 0 radical (unpaired) electrons. The van der Waals surface area contributed by atoms with Gasteiger partial charge in [-0.1, -0.05) is 6.07 Å². The molecule has 4 heteroatoms. The van der Waals surface area contributed by atoms with Crippen LogP contribution in [0.1, 0.15) is 23.5 Å². The number of aromatic nitrogens is 2. The van der Waals surface area contributed by atoms with E-state index in [9.17, 15) is 0 Å². The summed E-state index contributed by atoms with van der Waals surface area (Å²) < 4.78 is 0. The molecule has 0 aliphatic carbocycles. The van der Waals surface area contributed by atoms with Crippen LogP contribution in [0.4, 0.5) is 0 Å². The summed E-state index contributed by atoms with van der Waals surface area (Å²) in [5.41, 5.74) is 0.994. The second-order valence-electron chi connectivity index (χ2n) is 3.64. The van der Waals surface area contributed by atoms with Crippen LogP contribution in [-0.2, 0) is 6.42 Å². The van der Waals surface area contributed by atoms with Gasteiger partial charge in [-0.25, -0.2) is 0 Å². The number of thiophene rings is 1. The molecule has 0 aliphatic heterocycles. The van der Waals surface area contributed by atoms with Gasteiger partial charge in [-0.3, -0.25) is 9.97 Å². The van der Waals surface area contributed by atoms with Crippen LogP contribution in [0.15, 0.2) is 36.1 Å². The third-order valence-electron chi connectivity index (χ3n) is 2.43. The molecular formula is C12H15N3S. The van der Waals surface area contributed by atoms with Gasteiger partial charge in [0.2, 0.25) is 0 Å². The summed E-state index contributed by atoms with van der Waals surface area (Å²) in [6.07, 6.45) is 6.31. The van der Waals surface area contributed by atoms with Crippen molar-refractivity contribution in [3.05, 3.63) is 46.7 Å². The van der Waals surface area contributed by atoms with E-state index in [1.54, 1.807) is 23.7 Å². The van der Waals surface area contributed by atoms with Gasteiger partial charge in [0.1, 0.15) is 0 Å². The number of hydrogen-bond acceptors (Lipinski definition) is 4. The van der Waals surface area contributed by atoms with Crippen molar-refractivity contribution in [2.24, 2.45) is 0 Å². The molecule has 1 atom stereocenters. The van der Waals surface area contributed by atoms with E-state index in [1.165, 1.54) is 4.88 Å². The molecule has 3 nitrogen and oxygen atoms in total. The van der Waals surface area contributed by atoms with Crippen molar-refractivity contribution in [2.45, 2.75) is 19.4 Å². The Labute approximate surface area is 99.6 Å². The summed E-state index contributed by atoms with van der Waals surface area (Å²) in [5.74, 6) is 0. The zero-order chi connectivity index (χ0) is 11.2. The highest BCUT2D eigenvalue weighted by Gasteiger charge is 2.05. The molecule has 16 heavy (non-hydrogen) atoms. The average molecular weight is 233 g/mol. The highest BCUT2D eigenvalue weighted by molar-refractivity contribution is 7.09. The lowest BCUT2D eigenvalue weighted by Crippen LogP contribution is -2.22. The van der Waals surface area contributed by atoms with Gasteiger partial charge in [0.25, 0.3) is 0 Å². The fourth-order valence-electron chi connectivity index (χ4n) is 1.51. The molecule has 2 rings (SSSR count). The molecular weight excluding hydrogens is 218 g/mol. The number of hydrogen-bond donors (Lipinski definition) is 1. The minimum absolute atomic E-state index is 0.258. The molecule has 2 heterocycles. The Kier molecular flexibility index (Phi) is 4.02. The lowest BCUT2D eigenvalue weighted by Gasteiger charge is -2.11. The lowest BCUT2D eigenvalue weighted by molar-refractivity contribution is 0.563. The zero-order valence-electron chi connectivity index (χ0n) is 9.26. The molecule has 0 bridgehead atoms. The quantitative estimate of drug-likeness (QED) is 0.862. The maximum absolute atomic E-state index is 4.27. The van der Waals surface area contributed by atoms with Crippen LogP contribution in [0.3, 0.4) is 0 Å². The Morgan fingerprint density at radius 2 is 2.38 bits per heavy atom. The Bertz CT molecular complexity index is 399. The molecule has 0 saturated carbocycles. The SMILES string of the molecule is CC(NCCc1cccs1)c1cnccn1. The van der Waals surface area contributed by atoms with Crippen molar-refractivity contribution in [1.82, 2.24) is 15.3 Å². The summed E-state index contributed by atoms with van der Waals surface area (Å²) >= 11 is 1.80. The van der Waals surface area contributed by atoms with Crippen molar-refractivity contribution in [1.29, 1.82) is 0 Å². The van der Waals surface area contributed by atoms with E-state index in [4.69, 9.17) is 0 Å². The number of nitrogens with one attached hydrogen (secondary N) is 1. The Morgan fingerprint density at radius 3 is 3.06 bits per heavy atom. The van der Waals surface area contributed by atoms with Crippen molar-refractivity contribution < 1.29 is 0 Å². The molecule has 0 aliphatic rings. The Morgan fingerprint density at radius 1 is 1.44 bits per heavy atom. The van der Waals surface area contributed by atoms with Gasteiger partial charge in [-0.05, 0) is 24.8 Å². The summed E-state index contributed by atoms with van der Waals surface area (Å²) in [7, 11) is 0. The fourth-order valence-corrected chi connectivity index (χ4v) is 2.21. The van der Waals surface area contributed by atoms with E-state index >= 15 is 0 Å².